The lowest BCUT2D eigenvalue weighted by Gasteiger charge is -2.28. The molecular formula is C12H21NO4S. The third-order valence-electron chi connectivity index (χ3n) is 2.46. The molecule has 0 aromatic rings. The van der Waals surface area contributed by atoms with Crippen LogP contribution in [0.5, 0.6) is 0 Å². The molecule has 6 heteroatoms. The molecule has 1 fully saturated rings. The van der Waals surface area contributed by atoms with Gasteiger partial charge in [0.15, 0.2) is 0 Å². The summed E-state index contributed by atoms with van der Waals surface area (Å²) >= 11 is 1.52. The van der Waals surface area contributed by atoms with Crippen LogP contribution in [0.25, 0.3) is 0 Å². The third-order valence-corrected chi connectivity index (χ3v) is 3.89. The number of ether oxygens (including phenoxy) is 2. The fourth-order valence-corrected chi connectivity index (χ4v) is 2.91. The van der Waals surface area contributed by atoms with E-state index in [-0.39, 0.29) is 17.3 Å². The Labute approximate surface area is 112 Å². The Hall–Kier alpha value is -0.910. The van der Waals surface area contributed by atoms with Crippen LogP contribution in [0.2, 0.25) is 0 Å². The molecule has 1 saturated heterocycles. The minimum Gasteiger partial charge on any atom is -0.468 e. The molecule has 1 N–H and O–H groups in total. The van der Waals surface area contributed by atoms with E-state index in [0.29, 0.717) is 5.75 Å². The molecule has 0 unspecified atom stereocenters. The summed E-state index contributed by atoms with van der Waals surface area (Å²) < 4.78 is 9.89. The molecule has 1 aliphatic rings. The predicted octanol–water partition coefficient (Wildman–Crippen LogP) is 1.95. The zero-order valence-corrected chi connectivity index (χ0v) is 12.1. The van der Waals surface area contributed by atoms with E-state index in [0.717, 1.165) is 12.8 Å². The molecule has 2 atom stereocenters. The van der Waals surface area contributed by atoms with Gasteiger partial charge in [-0.1, -0.05) is 0 Å². The van der Waals surface area contributed by atoms with Gasteiger partial charge in [-0.05, 0) is 33.6 Å². The second kappa shape index (κ2) is 6.31. The quantitative estimate of drug-likeness (QED) is 0.780. The molecule has 104 valence electrons. The summed E-state index contributed by atoms with van der Waals surface area (Å²) in [5, 5.41) is 2.71. The number of rotatable bonds is 2. The van der Waals surface area contributed by atoms with Crippen molar-refractivity contribution < 1.29 is 19.1 Å². The normalized spacial score (nSPS) is 24.2. The van der Waals surface area contributed by atoms with Gasteiger partial charge >= 0.3 is 12.1 Å². The lowest BCUT2D eigenvalue weighted by atomic mass is 10.1. The van der Waals surface area contributed by atoms with Crippen molar-refractivity contribution in [1.82, 2.24) is 5.32 Å². The van der Waals surface area contributed by atoms with Gasteiger partial charge in [-0.2, -0.15) is 0 Å². The molecule has 18 heavy (non-hydrogen) atoms. The Morgan fingerprint density at radius 1 is 1.28 bits per heavy atom. The number of carbonyl (C=O) groups excluding carboxylic acids is 2. The van der Waals surface area contributed by atoms with Crippen LogP contribution in [0.3, 0.4) is 0 Å². The second-order valence-corrected chi connectivity index (χ2v) is 6.50. The van der Waals surface area contributed by atoms with E-state index in [9.17, 15) is 9.59 Å². The highest BCUT2D eigenvalue weighted by molar-refractivity contribution is 8.00. The van der Waals surface area contributed by atoms with Gasteiger partial charge in [-0.25, -0.2) is 4.79 Å². The molecule has 1 heterocycles. The molecule has 0 spiro atoms. The number of hydrogen-bond acceptors (Lipinski definition) is 5. The molecule has 1 amide bonds. The van der Waals surface area contributed by atoms with Crippen molar-refractivity contribution in [2.24, 2.45) is 0 Å². The highest BCUT2D eigenvalue weighted by Gasteiger charge is 2.29. The van der Waals surface area contributed by atoms with Crippen molar-refractivity contribution >= 4 is 23.8 Å². The first-order chi connectivity index (χ1) is 8.31. The van der Waals surface area contributed by atoms with E-state index >= 15 is 0 Å². The summed E-state index contributed by atoms with van der Waals surface area (Å²) in [5.74, 6) is 0.523. The first-order valence-electron chi connectivity index (χ1n) is 6.01. The summed E-state index contributed by atoms with van der Waals surface area (Å²) in [6, 6.07) is 0.0609. The molecular weight excluding hydrogens is 254 g/mol. The van der Waals surface area contributed by atoms with Gasteiger partial charge in [0.1, 0.15) is 10.9 Å². The molecule has 0 aromatic heterocycles. The Balaban J connectivity index is 2.31. The van der Waals surface area contributed by atoms with E-state index in [4.69, 9.17) is 9.47 Å². The van der Waals surface area contributed by atoms with Crippen molar-refractivity contribution in [2.75, 3.05) is 12.9 Å². The van der Waals surface area contributed by atoms with Crippen LogP contribution in [0.15, 0.2) is 0 Å². The van der Waals surface area contributed by atoms with Crippen LogP contribution < -0.4 is 5.32 Å². The van der Waals surface area contributed by atoms with Crippen LogP contribution in [0, 0.1) is 0 Å². The number of hydrogen-bond donors (Lipinski definition) is 1. The topological polar surface area (TPSA) is 64.6 Å². The summed E-state index contributed by atoms with van der Waals surface area (Å²) in [6.07, 6.45) is 1.09. The largest absolute Gasteiger partial charge is 0.468 e. The number of esters is 1. The van der Waals surface area contributed by atoms with E-state index in [2.05, 4.69) is 5.32 Å². The van der Waals surface area contributed by atoms with Gasteiger partial charge in [0.25, 0.3) is 0 Å². The average molecular weight is 275 g/mol. The number of nitrogens with one attached hydrogen (secondary N) is 1. The summed E-state index contributed by atoms with van der Waals surface area (Å²) in [6.45, 7) is 5.49. The highest BCUT2D eigenvalue weighted by Crippen LogP contribution is 2.26. The average Bonchev–Trinajstić information content (AvgIpc) is 2.26. The zero-order chi connectivity index (χ0) is 13.8. The van der Waals surface area contributed by atoms with E-state index in [1.165, 1.54) is 18.9 Å². The van der Waals surface area contributed by atoms with Crippen molar-refractivity contribution in [3.8, 4) is 0 Å². The molecule has 0 aromatic carbocycles. The number of amides is 1. The van der Waals surface area contributed by atoms with Crippen molar-refractivity contribution in [3.63, 3.8) is 0 Å². The van der Waals surface area contributed by atoms with Gasteiger partial charge in [-0.15, -0.1) is 11.8 Å². The van der Waals surface area contributed by atoms with Gasteiger partial charge < -0.3 is 14.8 Å². The number of carbonyl (C=O) groups is 2. The Morgan fingerprint density at radius 3 is 2.39 bits per heavy atom. The maximum atomic E-state index is 11.6. The van der Waals surface area contributed by atoms with Crippen molar-refractivity contribution in [1.29, 1.82) is 0 Å². The maximum absolute atomic E-state index is 11.6. The fourth-order valence-electron chi connectivity index (χ4n) is 1.66. The molecule has 0 bridgehead atoms. The maximum Gasteiger partial charge on any atom is 0.407 e. The highest BCUT2D eigenvalue weighted by atomic mass is 32.2. The van der Waals surface area contributed by atoms with Crippen molar-refractivity contribution in [3.05, 3.63) is 0 Å². The van der Waals surface area contributed by atoms with E-state index in [1.807, 2.05) is 20.8 Å². The van der Waals surface area contributed by atoms with Gasteiger partial charge in [0, 0.05) is 11.8 Å². The van der Waals surface area contributed by atoms with Gasteiger partial charge in [-0.3, -0.25) is 4.79 Å². The molecule has 1 aliphatic heterocycles. The first-order valence-corrected chi connectivity index (χ1v) is 7.05. The molecule has 0 radical (unpaired) electrons. The van der Waals surface area contributed by atoms with Crippen LogP contribution in [0.1, 0.15) is 33.6 Å². The third kappa shape index (κ3) is 5.16. The second-order valence-electron chi connectivity index (χ2n) is 5.27. The van der Waals surface area contributed by atoms with Gasteiger partial charge in [0.2, 0.25) is 0 Å². The zero-order valence-electron chi connectivity index (χ0n) is 11.3. The fraction of sp³-hybridized carbons (Fsp3) is 0.833. The smallest absolute Gasteiger partial charge is 0.407 e. The van der Waals surface area contributed by atoms with Gasteiger partial charge in [0.05, 0.1) is 7.11 Å². The Bertz CT molecular complexity index is 306. The standard InChI is InChI=1S/C12H21NO4S/c1-12(2,3)17-11(15)13-8-5-6-9(18-7-8)10(14)16-4/h8-9H,5-7H2,1-4H3,(H,13,15)/t8-,9-/m1/s1. The van der Waals surface area contributed by atoms with E-state index in [1.54, 1.807) is 0 Å². The van der Waals surface area contributed by atoms with Crippen molar-refractivity contribution in [2.45, 2.75) is 50.5 Å². The summed E-state index contributed by atoms with van der Waals surface area (Å²) in [4.78, 5) is 22.9. The summed E-state index contributed by atoms with van der Waals surface area (Å²) in [7, 11) is 1.40. The lowest BCUT2D eigenvalue weighted by Crippen LogP contribution is -2.43. The SMILES string of the molecule is COC(=O)[C@H]1CC[C@@H](NC(=O)OC(C)(C)C)CS1. The van der Waals surface area contributed by atoms with Crippen LogP contribution >= 0.6 is 11.8 Å². The molecule has 5 nitrogen and oxygen atoms in total. The number of thioether (sulfide) groups is 1. The predicted molar refractivity (Wildman–Crippen MR) is 70.7 cm³/mol. The summed E-state index contributed by atoms with van der Waals surface area (Å²) in [5.41, 5.74) is -0.486. The monoisotopic (exact) mass is 275 g/mol. The molecule has 1 rings (SSSR count). The minimum atomic E-state index is -0.486. The minimum absolute atomic E-state index is 0.0609. The lowest BCUT2D eigenvalue weighted by molar-refractivity contribution is -0.140. The number of alkyl carbamates (subject to hydrolysis) is 1. The van der Waals surface area contributed by atoms with E-state index < -0.39 is 11.7 Å². The Morgan fingerprint density at radius 2 is 1.94 bits per heavy atom. The molecule has 0 saturated carbocycles. The first kappa shape index (κ1) is 15.1. The molecule has 0 aliphatic carbocycles. The van der Waals surface area contributed by atoms with Crippen LogP contribution in [0.4, 0.5) is 4.79 Å². The number of methoxy groups -OCH3 is 1. The van der Waals surface area contributed by atoms with Crippen LogP contribution in [-0.4, -0.2) is 41.8 Å². The van der Waals surface area contributed by atoms with Crippen LogP contribution in [-0.2, 0) is 14.3 Å². The Kier molecular flexibility index (Phi) is 5.31.